The number of hydrogen-bond acceptors (Lipinski definition) is 4. The lowest BCUT2D eigenvalue weighted by Crippen LogP contribution is -2.04. The molecule has 0 aliphatic rings. The number of benzene rings is 1. The Morgan fingerprint density at radius 1 is 1.00 bits per heavy atom. The van der Waals surface area contributed by atoms with Crippen molar-refractivity contribution in [1.29, 1.82) is 0 Å². The van der Waals surface area contributed by atoms with Crippen molar-refractivity contribution in [2.24, 2.45) is 0 Å². The molecule has 0 aliphatic carbocycles. The Kier molecular flexibility index (Phi) is 2.25. The zero-order chi connectivity index (χ0) is 10.8. The number of hydrogen-bond donors (Lipinski definition) is 2. The molecule has 1 aromatic heterocycles. The molecule has 4 heteroatoms. The summed E-state index contributed by atoms with van der Waals surface area (Å²) in [6.07, 6.45) is 0. The van der Waals surface area contributed by atoms with Gasteiger partial charge in [-0.15, -0.1) is 0 Å². The minimum absolute atomic E-state index is 0.206. The number of anilines is 2. The Morgan fingerprint density at radius 2 is 1.67 bits per heavy atom. The van der Waals surface area contributed by atoms with E-state index in [4.69, 9.17) is 11.5 Å². The molecule has 0 saturated carbocycles. The van der Waals surface area contributed by atoms with Crippen LogP contribution in [0.3, 0.4) is 0 Å². The quantitative estimate of drug-likeness (QED) is 0.733. The van der Waals surface area contributed by atoms with E-state index in [0.29, 0.717) is 5.82 Å². The maximum atomic E-state index is 5.73. The standard InChI is InChI=1S/C11H12N4/c1-7-9(8-5-3-2-4-6-8)14-11(13)15-10(7)12/h2-6H,1H3,(H4,12,13,14,15). The zero-order valence-electron chi connectivity index (χ0n) is 8.44. The minimum Gasteiger partial charge on any atom is -0.383 e. The first-order valence-electron chi connectivity index (χ1n) is 4.63. The molecule has 0 saturated heterocycles. The van der Waals surface area contributed by atoms with E-state index >= 15 is 0 Å². The summed E-state index contributed by atoms with van der Waals surface area (Å²) in [4.78, 5) is 8.09. The van der Waals surface area contributed by atoms with Gasteiger partial charge in [-0.05, 0) is 6.92 Å². The van der Waals surface area contributed by atoms with Crippen LogP contribution in [0.5, 0.6) is 0 Å². The van der Waals surface area contributed by atoms with Gasteiger partial charge in [0.1, 0.15) is 5.82 Å². The number of nitrogens with two attached hydrogens (primary N) is 2. The first kappa shape index (κ1) is 9.45. The average Bonchev–Trinajstić information content (AvgIpc) is 2.24. The molecule has 0 bridgehead atoms. The van der Waals surface area contributed by atoms with Crippen LogP contribution in [0.25, 0.3) is 11.3 Å². The molecule has 1 heterocycles. The maximum absolute atomic E-state index is 5.73. The predicted molar refractivity (Wildman–Crippen MR) is 61.0 cm³/mol. The highest BCUT2D eigenvalue weighted by atomic mass is 15.0. The van der Waals surface area contributed by atoms with Crippen molar-refractivity contribution in [2.75, 3.05) is 11.5 Å². The summed E-state index contributed by atoms with van der Waals surface area (Å²) in [5.74, 6) is 0.637. The highest BCUT2D eigenvalue weighted by molar-refractivity contribution is 5.68. The van der Waals surface area contributed by atoms with Crippen molar-refractivity contribution >= 4 is 11.8 Å². The molecular weight excluding hydrogens is 188 g/mol. The van der Waals surface area contributed by atoms with Crippen molar-refractivity contribution in [1.82, 2.24) is 9.97 Å². The van der Waals surface area contributed by atoms with Crippen LogP contribution in [0.1, 0.15) is 5.56 Å². The van der Waals surface area contributed by atoms with Crippen LogP contribution < -0.4 is 11.5 Å². The molecule has 15 heavy (non-hydrogen) atoms. The van der Waals surface area contributed by atoms with E-state index in [2.05, 4.69) is 9.97 Å². The van der Waals surface area contributed by atoms with Crippen LogP contribution >= 0.6 is 0 Å². The summed E-state index contributed by atoms with van der Waals surface area (Å²) >= 11 is 0. The lowest BCUT2D eigenvalue weighted by Gasteiger charge is -2.07. The summed E-state index contributed by atoms with van der Waals surface area (Å²) in [6, 6.07) is 9.78. The molecule has 0 spiro atoms. The van der Waals surface area contributed by atoms with Crippen LogP contribution in [-0.2, 0) is 0 Å². The van der Waals surface area contributed by atoms with E-state index in [1.54, 1.807) is 0 Å². The Morgan fingerprint density at radius 3 is 2.33 bits per heavy atom. The molecule has 0 amide bonds. The van der Waals surface area contributed by atoms with Gasteiger partial charge in [-0.2, -0.15) is 4.98 Å². The summed E-state index contributed by atoms with van der Waals surface area (Å²) in [7, 11) is 0. The fourth-order valence-corrected chi connectivity index (χ4v) is 1.43. The van der Waals surface area contributed by atoms with Crippen LogP contribution in [0.2, 0.25) is 0 Å². The number of nitrogens with zero attached hydrogens (tertiary/aromatic N) is 2. The molecule has 0 aliphatic heterocycles. The van der Waals surface area contributed by atoms with E-state index in [1.807, 2.05) is 37.3 Å². The number of nitrogen functional groups attached to an aromatic ring is 2. The van der Waals surface area contributed by atoms with Crippen molar-refractivity contribution < 1.29 is 0 Å². The van der Waals surface area contributed by atoms with E-state index in [9.17, 15) is 0 Å². The first-order chi connectivity index (χ1) is 7.18. The fraction of sp³-hybridized carbons (Fsp3) is 0.0909. The summed E-state index contributed by atoms with van der Waals surface area (Å²) in [5, 5.41) is 0. The van der Waals surface area contributed by atoms with E-state index < -0.39 is 0 Å². The second-order valence-electron chi connectivity index (χ2n) is 3.31. The third kappa shape index (κ3) is 1.74. The van der Waals surface area contributed by atoms with Crippen molar-refractivity contribution in [3.63, 3.8) is 0 Å². The highest BCUT2D eigenvalue weighted by Crippen LogP contribution is 2.24. The van der Waals surface area contributed by atoms with Crippen LogP contribution in [-0.4, -0.2) is 9.97 Å². The zero-order valence-corrected chi connectivity index (χ0v) is 8.44. The third-order valence-electron chi connectivity index (χ3n) is 2.25. The Bertz CT molecular complexity index is 479. The molecule has 4 N–H and O–H groups in total. The highest BCUT2D eigenvalue weighted by Gasteiger charge is 2.08. The van der Waals surface area contributed by atoms with Crippen LogP contribution in [0.15, 0.2) is 30.3 Å². The maximum Gasteiger partial charge on any atom is 0.222 e. The van der Waals surface area contributed by atoms with Gasteiger partial charge in [0.2, 0.25) is 5.95 Å². The Balaban J connectivity index is 2.63. The average molecular weight is 200 g/mol. The normalized spacial score (nSPS) is 10.2. The Labute approximate surface area is 88.0 Å². The molecule has 0 unspecified atom stereocenters. The lowest BCUT2D eigenvalue weighted by molar-refractivity contribution is 1.16. The van der Waals surface area contributed by atoms with Crippen molar-refractivity contribution in [3.05, 3.63) is 35.9 Å². The number of rotatable bonds is 1. The first-order valence-corrected chi connectivity index (χ1v) is 4.63. The van der Waals surface area contributed by atoms with E-state index in [1.165, 1.54) is 0 Å². The van der Waals surface area contributed by atoms with Gasteiger partial charge in [-0.3, -0.25) is 0 Å². The second-order valence-corrected chi connectivity index (χ2v) is 3.31. The number of aromatic nitrogens is 2. The molecule has 0 radical (unpaired) electrons. The summed E-state index contributed by atoms with van der Waals surface area (Å²) in [6.45, 7) is 1.89. The second kappa shape index (κ2) is 3.57. The largest absolute Gasteiger partial charge is 0.383 e. The van der Waals surface area contributed by atoms with Crippen LogP contribution in [0, 0.1) is 6.92 Å². The smallest absolute Gasteiger partial charge is 0.222 e. The Hall–Kier alpha value is -2.10. The molecule has 0 fully saturated rings. The monoisotopic (exact) mass is 200 g/mol. The van der Waals surface area contributed by atoms with Gasteiger partial charge in [0.25, 0.3) is 0 Å². The van der Waals surface area contributed by atoms with E-state index in [-0.39, 0.29) is 5.95 Å². The van der Waals surface area contributed by atoms with Gasteiger partial charge in [-0.25, -0.2) is 4.98 Å². The molecular formula is C11H12N4. The van der Waals surface area contributed by atoms with Gasteiger partial charge < -0.3 is 11.5 Å². The summed E-state index contributed by atoms with van der Waals surface area (Å²) < 4.78 is 0. The minimum atomic E-state index is 0.206. The van der Waals surface area contributed by atoms with Gasteiger partial charge >= 0.3 is 0 Å². The molecule has 76 valence electrons. The van der Waals surface area contributed by atoms with Gasteiger partial charge in [0, 0.05) is 11.1 Å². The SMILES string of the molecule is Cc1c(N)nc(N)nc1-c1ccccc1. The van der Waals surface area contributed by atoms with Gasteiger partial charge in [0.15, 0.2) is 0 Å². The molecule has 2 rings (SSSR count). The summed E-state index contributed by atoms with van der Waals surface area (Å²) in [5.41, 5.74) is 13.9. The predicted octanol–water partition coefficient (Wildman–Crippen LogP) is 1.62. The topological polar surface area (TPSA) is 77.8 Å². The third-order valence-corrected chi connectivity index (χ3v) is 2.25. The van der Waals surface area contributed by atoms with Gasteiger partial charge in [0.05, 0.1) is 5.69 Å². The van der Waals surface area contributed by atoms with Crippen molar-refractivity contribution in [2.45, 2.75) is 6.92 Å². The molecule has 0 atom stereocenters. The molecule has 1 aromatic carbocycles. The molecule has 4 nitrogen and oxygen atoms in total. The molecule has 2 aromatic rings. The van der Waals surface area contributed by atoms with Gasteiger partial charge in [-0.1, -0.05) is 30.3 Å². The van der Waals surface area contributed by atoms with Crippen LogP contribution in [0.4, 0.5) is 11.8 Å². The van der Waals surface area contributed by atoms with Crippen molar-refractivity contribution in [3.8, 4) is 11.3 Å². The lowest BCUT2D eigenvalue weighted by atomic mass is 10.1. The van der Waals surface area contributed by atoms with E-state index in [0.717, 1.165) is 16.8 Å². The fourth-order valence-electron chi connectivity index (χ4n) is 1.43.